The number of hydrogen-bond acceptors (Lipinski definition) is 2. The van der Waals surface area contributed by atoms with Crippen molar-refractivity contribution in [1.29, 1.82) is 0 Å². The molecule has 0 fully saturated rings. The molecule has 0 amide bonds. The summed E-state index contributed by atoms with van der Waals surface area (Å²) in [5, 5.41) is 3.58. The van der Waals surface area contributed by atoms with Crippen molar-refractivity contribution in [2.75, 3.05) is 6.54 Å². The molecule has 2 heteroatoms. The second-order valence-electron chi connectivity index (χ2n) is 5.18. The van der Waals surface area contributed by atoms with E-state index in [2.05, 4.69) is 51.2 Å². The Morgan fingerprint density at radius 3 is 2.76 bits per heavy atom. The van der Waals surface area contributed by atoms with Crippen LogP contribution in [0.1, 0.15) is 57.2 Å². The summed E-state index contributed by atoms with van der Waals surface area (Å²) in [5.41, 5.74) is 2.66. The third-order valence-corrected chi connectivity index (χ3v) is 3.42. The highest BCUT2D eigenvalue weighted by molar-refractivity contribution is 5.48. The molecule has 2 nitrogen and oxygen atoms in total. The van der Waals surface area contributed by atoms with Gasteiger partial charge < -0.3 is 10.1 Å². The number of benzene rings is 1. The highest BCUT2D eigenvalue weighted by atomic mass is 16.5. The fraction of sp³-hybridized carbons (Fsp3) is 0.600. The molecule has 2 atom stereocenters. The summed E-state index contributed by atoms with van der Waals surface area (Å²) in [6.45, 7) is 9.83. The first-order chi connectivity index (χ1) is 8.15. The van der Waals surface area contributed by atoms with Crippen LogP contribution in [-0.4, -0.2) is 12.6 Å². The molecule has 1 heterocycles. The van der Waals surface area contributed by atoms with Gasteiger partial charge >= 0.3 is 0 Å². The lowest BCUT2D eigenvalue weighted by Crippen LogP contribution is -2.29. The first kappa shape index (κ1) is 12.4. The smallest absolute Gasteiger partial charge is 0.128 e. The van der Waals surface area contributed by atoms with E-state index in [-0.39, 0.29) is 6.10 Å². The minimum atomic E-state index is 0.233. The van der Waals surface area contributed by atoms with Gasteiger partial charge in [0.15, 0.2) is 0 Å². The number of para-hydroxylation sites is 1. The number of nitrogens with one attached hydrogen (secondary N) is 1. The van der Waals surface area contributed by atoms with Gasteiger partial charge in [-0.05, 0) is 31.4 Å². The Morgan fingerprint density at radius 1 is 1.35 bits per heavy atom. The Hall–Kier alpha value is -1.02. The van der Waals surface area contributed by atoms with Crippen molar-refractivity contribution in [3.05, 3.63) is 29.3 Å². The van der Waals surface area contributed by atoms with E-state index in [0.29, 0.717) is 12.0 Å². The molecule has 0 saturated carbocycles. The topological polar surface area (TPSA) is 21.3 Å². The second kappa shape index (κ2) is 5.09. The van der Waals surface area contributed by atoms with Crippen LogP contribution in [0.4, 0.5) is 0 Å². The monoisotopic (exact) mass is 233 g/mol. The first-order valence-electron chi connectivity index (χ1n) is 6.68. The van der Waals surface area contributed by atoms with Crippen LogP contribution in [0.2, 0.25) is 0 Å². The van der Waals surface area contributed by atoms with Gasteiger partial charge in [0, 0.05) is 5.56 Å². The summed E-state index contributed by atoms with van der Waals surface area (Å²) in [4.78, 5) is 0. The van der Waals surface area contributed by atoms with Crippen molar-refractivity contribution >= 4 is 0 Å². The number of ether oxygens (including phenoxy) is 1. The maximum Gasteiger partial charge on any atom is 0.128 e. The van der Waals surface area contributed by atoms with Crippen LogP contribution in [0.15, 0.2) is 18.2 Å². The van der Waals surface area contributed by atoms with Gasteiger partial charge in [0.2, 0.25) is 0 Å². The minimum Gasteiger partial charge on any atom is -0.488 e. The molecule has 0 bridgehead atoms. The molecule has 2 rings (SSSR count). The second-order valence-corrected chi connectivity index (χ2v) is 5.18. The quantitative estimate of drug-likeness (QED) is 0.857. The third-order valence-electron chi connectivity index (χ3n) is 3.42. The molecule has 17 heavy (non-hydrogen) atoms. The maximum absolute atomic E-state index is 6.05. The standard InChI is InChI=1S/C15H23NO/c1-5-9-16-14-11(4)17-15-12(10(2)3)7-6-8-13(14)15/h6-8,10-11,14,16H,5,9H2,1-4H3. The largest absolute Gasteiger partial charge is 0.488 e. The van der Waals surface area contributed by atoms with Crippen LogP contribution in [-0.2, 0) is 0 Å². The summed E-state index contributed by atoms with van der Waals surface area (Å²) in [6.07, 6.45) is 1.39. The van der Waals surface area contributed by atoms with Gasteiger partial charge in [-0.3, -0.25) is 0 Å². The number of fused-ring (bicyclic) bond motifs is 1. The van der Waals surface area contributed by atoms with Crippen LogP contribution in [0, 0.1) is 0 Å². The van der Waals surface area contributed by atoms with Gasteiger partial charge in [-0.2, -0.15) is 0 Å². The van der Waals surface area contributed by atoms with E-state index < -0.39 is 0 Å². The Morgan fingerprint density at radius 2 is 2.12 bits per heavy atom. The van der Waals surface area contributed by atoms with Gasteiger partial charge in [-0.1, -0.05) is 39.0 Å². The molecular weight excluding hydrogens is 210 g/mol. The molecule has 0 radical (unpaired) electrons. The van der Waals surface area contributed by atoms with Crippen molar-refractivity contribution < 1.29 is 4.74 Å². The number of hydrogen-bond donors (Lipinski definition) is 1. The average molecular weight is 233 g/mol. The molecule has 1 aliphatic heterocycles. The molecule has 2 unspecified atom stereocenters. The predicted molar refractivity (Wildman–Crippen MR) is 71.7 cm³/mol. The zero-order valence-corrected chi connectivity index (χ0v) is 11.3. The summed E-state index contributed by atoms with van der Waals surface area (Å²) in [6, 6.07) is 6.87. The summed E-state index contributed by atoms with van der Waals surface area (Å²) >= 11 is 0. The van der Waals surface area contributed by atoms with E-state index in [9.17, 15) is 0 Å². The van der Waals surface area contributed by atoms with Crippen molar-refractivity contribution in [1.82, 2.24) is 5.32 Å². The molecule has 0 aromatic heterocycles. The molecule has 1 N–H and O–H groups in total. The Bertz CT molecular complexity index is 387. The zero-order chi connectivity index (χ0) is 12.4. The lowest BCUT2D eigenvalue weighted by atomic mass is 9.96. The van der Waals surface area contributed by atoms with Gasteiger partial charge in [0.1, 0.15) is 11.9 Å². The fourth-order valence-corrected chi connectivity index (χ4v) is 2.49. The van der Waals surface area contributed by atoms with Crippen LogP contribution in [0.3, 0.4) is 0 Å². The lowest BCUT2D eigenvalue weighted by Gasteiger charge is -2.15. The van der Waals surface area contributed by atoms with Crippen LogP contribution in [0.5, 0.6) is 5.75 Å². The van der Waals surface area contributed by atoms with E-state index in [1.54, 1.807) is 0 Å². The fourth-order valence-electron chi connectivity index (χ4n) is 2.49. The van der Waals surface area contributed by atoms with E-state index in [4.69, 9.17) is 4.74 Å². The van der Waals surface area contributed by atoms with Crippen LogP contribution < -0.4 is 10.1 Å². The summed E-state index contributed by atoms with van der Waals surface area (Å²) < 4.78 is 6.05. The van der Waals surface area contributed by atoms with Gasteiger partial charge in [0.05, 0.1) is 6.04 Å². The minimum absolute atomic E-state index is 0.233. The average Bonchev–Trinajstić information content (AvgIpc) is 2.61. The summed E-state index contributed by atoms with van der Waals surface area (Å²) in [5.74, 6) is 1.63. The Labute approximate surface area is 104 Å². The predicted octanol–water partition coefficient (Wildman–Crippen LogP) is 3.63. The van der Waals surface area contributed by atoms with Crippen molar-refractivity contribution in [2.45, 2.75) is 52.2 Å². The first-order valence-corrected chi connectivity index (χ1v) is 6.68. The van der Waals surface area contributed by atoms with Crippen molar-refractivity contribution in [3.8, 4) is 5.75 Å². The van der Waals surface area contributed by atoms with Crippen molar-refractivity contribution in [3.63, 3.8) is 0 Å². The van der Waals surface area contributed by atoms with Crippen LogP contribution >= 0.6 is 0 Å². The van der Waals surface area contributed by atoms with Gasteiger partial charge in [-0.25, -0.2) is 0 Å². The number of rotatable bonds is 4. The molecule has 94 valence electrons. The highest BCUT2D eigenvalue weighted by Gasteiger charge is 2.32. The van der Waals surface area contributed by atoms with E-state index in [1.807, 2.05) is 0 Å². The zero-order valence-electron chi connectivity index (χ0n) is 11.3. The molecular formula is C15H23NO. The molecule has 0 aliphatic carbocycles. The normalized spacial score (nSPS) is 22.6. The lowest BCUT2D eigenvalue weighted by molar-refractivity contribution is 0.208. The van der Waals surface area contributed by atoms with E-state index in [1.165, 1.54) is 11.1 Å². The van der Waals surface area contributed by atoms with Crippen molar-refractivity contribution in [2.24, 2.45) is 0 Å². The molecule has 1 aromatic rings. The van der Waals surface area contributed by atoms with E-state index >= 15 is 0 Å². The van der Waals surface area contributed by atoms with Gasteiger partial charge in [0.25, 0.3) is 0 Å². The molecule has 0 spiro atoms. The maximum atomic E-state index is 6.05. The van der Waals surface area contributed by atoms with Crippen LogP contribution in [0.25, 0.3) is 0 Å². The molecule has 1 aromatic carbocycles. The Balaban J connectivity index is 2.31. The third kappa shape index (κ3) is 2.32. The summed E-state index contributed by atoms with van der Waals surface area (Å²) in [7, 11) is 0. The Kier molecular flexibility index (Phi) is 3.72. The van der Waals surface area contributed by atoms with Gasteiger partial charge in [-0.15, -0.1) is 0 Å². The highest BCUT2D eigenvalue weighted by Crippen LogP contribution is 2.41. The van der Waals surface area contributed by atoms with E-state index in [0.717, 1.165) is 18.7 Å². The molecule has 1 aliphatic rings. The SMILES string of the molecule is CCCNC1c2cccc(C(C)C)c2OC1C. The molecule has 0 saturated heterocycles.